The van der Waals surface area contributed by atoms with Crippen LogP contribution in [-0.2, 0) is 12.3 Å². The lowest BCUT2D eigenvalue weighted by Gasteiger charge is -2.07. The highest BCUT2D eigenvalue weighted by molar-refractivity contribution is 7.98. The second-order valence-electron chi connectivity index (χ2n) is 4.73. The van der Waals surface area contributed by atoms with Crippen LogP contribution in [0.5, 0.6) is 0 Å². The third kappa shape index (κ3) is 2.69. The molecule has 1 heterocycles. The molecule has 0 unspecified atom stereocenters. The number of nitrogens with zero attached hydrogens (tertiary/aromatic N) is 3. The molecule has 106 valence electrons. The van der Waals surface area contributed by atoms with E-state index in [1.54, 1.807) is 0 Å². The predicted molar refractivity (Wildman–Crippen MR) is 72.1 cm³/mol. The summed E-state index contributed by atoms with van der Waals surface area (Å²) in [6, 6.07) is 3.87. The van der Waals surface area contributed by atoms with E-state index in [9.17, 15) is 8.78 Å². The van der Waals surface area contributed by atoms with Crippen LogP contribution < -0.4 is 5.73 Å². The molecule has 20 heavy (non-hydrogen) atoms. The van der Waals surface area contributed by atoms with Gasteiger partial charge < -0.3 is 10.3 Å². The second kappa shape index (κ2) is 5.49. The lowest BCUT2D eigenvalue weighted by atomic mass is 10.2. The molecule has 4 nitrogen and oxygen atoms in total. The summed E-state index contributed by atoms with van der Waals surface area (Å²) >= 11 is 1.35. The van der Waals surface area contributed by atoms with E-state index in [2.05, 4.69) is 10.2 Å². The van der Waals surface area contributed by atoms with Crippen LogP contribution >= 0.6 is 11.8 Å². The van der Waals surface area contributed by atoms with Crippen molar-refractivity contribution < 1.29 is 8.78 Å². The molecular weight excluding hydrogens is 282 g/mol. The molecule has 3 rings (SSSR count). The maximum absolute atomic E-state index is 13.6. The SMILES string of the molecule is NCc1nnc(SCc2cc(F)ccc2F)n1C1CC1. The number of rotatable bonds is 5. The molecular formula is C13H14F2N4S. The molecule has 1 fully saturated rings. The molecule has 0 aliphatic heterocycles. The molecule has 1 aromatic carbocycles. The fourth-order valence-electron chi connectivity index (χ4n) is 2.04. The Bertz CT molecular complexity index is 625. The van der Waals surface area contributed by atoms with Crippen molar-refractivity contribution in [2.45, 2.75) is 36.3 Å². The summed E-state index contributed by atoms with van der Waals surface area (Å²) in [7, 11) is 0. The zero-order valence-electron chi connectivity index (χ0n) is 10.7. The Hall–Kier alpha value is -1.47. The Balaban J connectivity index is 1.78. The number of nitrogens with two attached hydrogens (primary N) is 1. The summed E-state index contributed by atoms with van der Waals surface area (Å²) < 4.78 is 28.7. The lowest BCUT2D eigenvalue weighted by Crippen LogP contribution is -2.08. The maximum atomic E-state index is 13.6. The zero-order valence-corrected chi connectivity index (χ0v) is 11.5. The van der Waals surface area contributed by atoms with Gasteiger partial charge in [0, 0.05) is 17.4 Å². The maximum Gasteiger partial charge on any atom is 0.191 e. The van der Waals surface area contributed by atoms with Crippen molar-refractivity contribution in [1.29, 1.82) is 0 Å². The Labute approximate surface area is 119 Å². The van der Waals surface area contributed by atoms with Crippen LogP contribution in [0.15, 0.2) is 23.4 Å². The van der Waals surface area contributed by atoms with Crippen molar-refractivity contribution in [2.75, 3.05) is 0 Å². The van der Waals surface area contributed by atoms with Gasteiger partial charge in [-0.05, 0) is 31.0 Å². The van der Waals surface area contributed by atoms with E-state index >= 15 is 0 Å². The van der Waals surface area contributed by atoms with Gasteiger partial charge in [-0.25, -0.2) is 8.78 Å². The standard InChI is InChI=1S/C13H14F2N4S/c14-9-1-4-11(15)8(5-9)7-20-13-18-17-12(6-16)19(13)10-2-3-10/h1,4-5,10H,2-3,6-7,16H2. The molecule has 0 amide bonds. The molecule has 2 aromatic rings. The van der Waals surface area contributed by atoms with Gasteiger partial charge in [-0.15, -0.1) is 10.2 Å². The summed E-state index contributed by atoms with van der Waals surface area (Å²) in [6.45, 7) is 0.332. The fourth-order valence-corrected chi connectivity index (χ4v) is 3.04. The molecule has 2 N–H and O–H groups in total. The van der Waals surface area contributed by atoms with Crippen LogP contribution in [0.3, 0.4) is 0 Å². The van der Waals surface area contributed by atoms with Gasteiger partial charge in [0.05, 0.1) is 6.54 Å². The number of hydrogen-bond donors (Lipinski definition) is 1. The van der Waals surface area contributed by atoms with Crippen molar-refractivity contribution in [3.8, 4) is 0 Å². The van der Waals surface area contributed by atoms with E-state index in [0.717, 1.165) is 36.0 Å². The van der Waals surface area contributed by atoms with E-state index < -0.39 is 11.6 Å². The van der Waals surface area contributed by atoms with Crippen LogP contribution in [0, 0.1) is 11.6 Å². The highest BCUT2D eigenvalue weighted by atomic mass is 32.2. The van der Waals surface area contributed by atoms with E-state index in [-0.39, 0.29) is 0 Å². The number of hydrogen-bond acceptors (Lipinski definition) is 4. The van der Waals surface area contributed by atoms with Gasteiger partial charge in [-0.1, -0.05) is 11.8 Å². The molecule has 7 heteroatoms. The number of thioether (sulfide) groups is 1. The van der Waals surface area contributed by atoms with Gasteiger partial charge in [0.25, 0.3) is 0 Å². The van der Waals surface area contributed by atoms with E-state index in [0.29, 0.717) is 23.9 Å². The predicted octanol–water partition coefficient (Wildman–Crippen LogP) is 2.64. The third-order valence-corrected chi connectivity index (χ3v) is 4.19. The van der Waals surface area contributed by atoms with Crippen molar-refractivity contribution >= 4 is 11.8 Å². The first-order valence-corrected chi connectivity index (χ1v) is 7.38. The largest absolute Gasteiger partial charge is 0.324 e. The first-order valence-electron chi connectivity index (χ1n) is 6.39. The molecule has 0 spiro atoms. The number of halogens is 2. The zero-order chi connectivity index (χ0) is 14.1. The minimum atomic E-state index is -0.437. The first-order chi connectivity index (χ1) is 9.69. The lowest BCUT2D eigenvalue weighted by molar-refractivity contribution is 0.591. The van der Waals surface area contributed by atoms with Gasteiger partial charge in [0.15, 0.2) is 5.16 Å². The minimum Gasteiger partial charge on any atom is -0.324 e. The van der Waals surface area contributed by atoms with Gasteiger partial charge >= 0.3 is 0 Å². The number of benzene rings is 1. The Morgan fingerprint density at radius 1 is 1.30 bits per heavy atom. The highest BCUT2D eigenvalue weighted by Crippen LogP contribution is 2.39. The topological polar surface area (TPSA) is 56.7 Å². The normalized spacial score (nSPS) is 14.8. The van der Waals surface area contributed by atoms with Crippen molar-refractivity contribution in [3.63, 3.8) is 0 Å². The van der Waals surface area contributed by atoms with Gasteiger partial charge in [0.1, 0.15) is 17.5 Å². The van der Waals surface area contributed by atoms with Crippen LogP contribution in [0.2, 0.25) is 0 Å². The number of aromatic nitrogens is 3. The molecule has 0 bridgehead atoms. The van der Waals surface area contributed by atoms with Gasteiger partial charge in [-0.2, -0.15) is 0 Å². The van der Waals surface area contributed by atoms with Crippen LogP contribution in [0.1, 0.15) is 30.3 Å². The van der Waals surface area contributed by atoms with Crippen molar-refractivity contribution in [1.82, 2.24) is 14.8 Å². The molecule has 1 saturated carbocycles. The Kier molecular flexibility index (Phi) is 3.71. The molecule has 1 aliphatic carbocycles. The first kappa shape index (κ1) is 13.5. The molecule has 0 atom stereocenters. The van der Waals surface area contributed by atoms with Crippen molar-refractivity contribution in [2.24, 2.45) is 5.73 Å². The molecule has 0 radical (unpaired) electrons. The van der Waals surface area contributed by atoms with E-state index in [1.165, 1.54) is 17.8 Å². The summed E-state index contributed by atoms with van der Waals surface area (Å²) in [5.74, 6) is 0.220. The van der Waals surface area contributed by atoms with E-state index in [4.69, 9.17) is 5.73 Å². The molecule has 1 aromatic heterocycles. The van der Waals surface area contributed by atoms with Gasteiger partial charge in [0.2, 0.25) is 0 Å². The highest BCUT2D eigenvalue weighted by Gasteiger charge is 2.29. The smallest absolute Gasteiger partial charge is 0.191 e. The Morgan fingerprint density at radius 2 is 2.10 bits per heavy atom. The second-order valence-corrected chi connectivity index (χ2v) is 5.67. The third-order valence-electron chi connectivity index (χ3n) is 3.19. The van der Waals surface area contributed by atoms with Crippen LogP contribution in [0.25, 0.3) is 0 Å². The average molecular weight is 296 g/mol. The average Bonchev–Trinajstić information content (AvgIpc) is 3.20. The quantitative estimate of drug-likeness (QED) is 0.862. The van der Waals surface area contributed by atoms with E-state index in [1.807, 2.05) is 4.57 Å². The monoisotopic (exact) mass is 296 g/mol. The van der Waals surface area contributed by atoms with Crippen LogP contribution in [0.4, 0.5) is 8.78 Å². The Morgan fingerprint density at radius 3 is 2.80 bits per heavy atom. The summed E-state index contributed by atoms with van der Waals surface area (Å²) in [5.41, 5.74) is 5.97. The summed E-state index contributed by atoms with van der Waals surface area (Å²) in [5, 5.41) is 8.86. The fraction of sp³-hybridized carbons (Fsp3) is 0.385. The van der Waals surface area contributed by atoms with Crippen molar-refractivity contribution in [3.05, 3.63) is 41.2 Å². The summed E-state index contributed by atoms with van der Waals surface area (Å²) in [6.07, 6.45) is 2.18. The molecule has 1 aliphatic rings. The molecule has 0 saturated heterocycles. The van der Waals surface area contributed by atoms with Gasteiger partial charge in [-0.3, -0.25) is 0 Å². The van der Waals surface area contributed by atoms with Crippen LogP contribution in [-0.4, -0.2) is 14.8 Å². The summed E-state index contributed by atoms with van der Waals surface area (Å²) in [4.78, 5) is 0. The minimum absolute atomic E-state index is 0.318.